The maximum Gasteiger partial charge on any atom is 0.302 e. The first-order valence-electron chi connectivity index (χ1n) is 10.6. The molecule has 0 saturated carbocycles. The Morgan fingerprint density at radius 1 is 1.24 bits per heavy atom. The molecule has 34 heavy (non-hydrogen) atoms. The zero-order valence-corrected chi connectivity index (χ0v) is 19.4. The van der Waals surface area contributed by atoms with Gasteiger partial charge in [-0.3, -0.25) is 10.1 Å². The number of benzene rings is 2. The standard InChI is InChI=1S/C24H24ClN7O2/c1-14-20(22(33)28-13-15(11-26)12-27-2)21(16-7-3-4-8-17(16)25)31-23(29-14)32-24-30-18-9-5-6-10-19(18)34-24/h3-12,21,26-27H,13H2,1-2H3,(H,28,33)(H2,29,30,31,32)/b15-12+,26-11?. The van der Waals surface area contributed by atoms with Gasteiger partial charge in [-0.15, -0.1) is 0 Å². The van der Waals surface area contributed by atoms with E-state index in [0.29, 0.717) is 44.5 Å². The van der Waals surface area contributed by atoms with Gasteiger partial charge < -0.3 is 25.8 Å². The maximum atomic E-state index is 13.2. The molecule has 1 aromatic heterocycles. The summed E-state index contributed by atoms with van der Waals surface area (Å²) in [5.41, 5.74) is 3.69. The number of oxazole rings is 1. The summed E-state index contributed by atoms with van der Waals surface area (Å²) in [7, 11) is 1.73. The number of fused-ring (bicyclic) bond motifs is 1. The van der Waals surface area contributed by atoms with Gasteiger partial charge in [0.25, 0.3) is 5.91 Å². The van der Waals surface area contributed by atoms with Crippen molar-refractivity contribution in [3.63, 3.8) is 0 Å². The van der Waals surface area contributed by atoms with E-state index in [1.54, 1.807) is 26.2 Å². The van der Waals surface area contributed by atoms with Gasteiger partial charge >= 0.3 is 6.01 Å². The van der Waals surface area contributed by atoms with Crippen LogP contribution in [0.4, 0.5) is 6.01 Å². The van der Waals surface area contributed by atoms with E-state index in [0.717, 1.165) is 0 Å². The number of para-hydroxylation sites is 2. The highest BCUT2D eigenvalue weighted by Crippen LogP contribution is 2.35. The number of rotatable bonds is 7. The molecule has 2 heterocycles. The molecule has 0 spiro atoms. The van der Waals surface area contributed by atoms with Gasteiger partial charge in [0, 0.05) is 47.9 Å². The van der Waals surface area contributed by atoms with Crippen LogP contribution in [0, 0.1) is 5.41 Å². The van der Waals surface area contributed by atoms with E-state index >= 15 is 0 Å². The smallest absolute Gasteiger partial charge is 0.302 e. The Bertz CT molecular complexity index is 1290. The second-order valence-electron chi connectivity index (χ2n) is 7.51. The molecule has 0 radical (unpaired) electrons. The number of halogens is 1. The minimum absolute atomic E-state index is 0.187. The summed E-state index contributed by atoms with van der Waals surface area (Å²) in [6.07, 6.45) is 2.84. The van der Waals surface area contributed by atoms with Crippen LogP contribution in [0.25, 0.3) is 11.1 Å². The maximum absolute atomic E-state index is 13.2. The number of nitrogens with one attached hydrogen (secondary N) is 5. The van der Waals surface area contributed by atoms with Crippen LogP contribution in [-0.2, 0) is 4.79 Å². The number of hydrogen-bond acceptors (Lipinski definition) is 8. The second kappa shape index (κ2) is 10.2. The summed E-state index contributed by atoms with van der Waals surface area (Å²) < 4.78 is 5.75. The van der Waals surface area contributed by atoms with E-state index in [4.69, 9.17) is 26.4 Å². The first-order chi connectivity index (χ1) is 16.5. The highest BCUT2D eigenvalue weighted by atomic mass is 35.5. The molecule has 4 rings (SSSR count). The monoisotopic (exact) mass is 477 g/mol. The van der Waals surface area contributed by atoms with Gasteiger partial charge in [-0.25, -0.2) is 4.99 Å². The first kappa shape index (κ1) is 23.1. The lowest BCUT2D eigenvalue weighted by atomic mass is 9.95. The van der Waals surface area contributed by atoms with Gasteiger partial charge in [-0.1, -0.05) is 41.9 Å². The van der Waals surface area contributed by atoms with E-state index in [2.05, 4.69) is 26.3 Å². The number of aliphatic imine (C=N–C) groups is 1. The van der Waals surface area contributed by atoms with Crippen molar-refractivity contribution in [2.45, 2.75) is 13.0 Å². The number of allylic oxidation sites excluding steroid dienone is 1. The molecule has 0 fully saturated rings. The number of hydrogen-bond donors (Lipinski definition) is 5. The van der Waals surface area contributed by atoms with Crippen LogP contribution in [0.5, 0.6) is 0 Å². The van der Waals surface area contributed by atoms with Crippen molar-refractivity contribution >= 4 is 46.8 Å². The average Bonchev–Trinajstić information content (AvgIpc) is 3.23. The molecular weight excluding hydrogens is 454 g/mol. The number of aromatic nitrogens is 1. The Balaban J connectivity index is 1.65. The van der Waals surface area contributed by atoms with Crippen LogP contribution in [0.1, 0.15) is 18.5 Å². The van der Waals surface area contributed by atoms with Crippen LogP contribution in [0.3, 0.4) is 0 Å². The zero-order chi connectivity index (χ0) is 24.1. The molecule has 10 heteroatoms. The molecule has 2 aromatic carbocycles. The minimum Gasteiger partial charge on any atom is -0.423 e. The van der Waals surface area contributed by atoms with Crippen molar-refractivity contribution in [2.24, 2.45) is 4.99 Å². The molecule has 1 aliphatic heterocycles. The van der Waals surface area contributed by atoms with E-state index in [1.165, 1.54) is 6.21 Å². The van der Waals surface area contributed by atoms with Gasteiger partial charge in [0.15, 0.2) is 5.58 Å². The van der Waals surface area contributed by atoms with Gasteiger partial charge in [0.05, 0.1) is 5.57 Å². The van der Waals surface area contributed by atoms with Gasteiger partial charge in [0.2, 0.25) is 5.96 Å². The summed E-state index contributed by atoms with van der Waals surface area (Å²) in [4.78, 5) is 22.4. The topological polar surface area (TPSA) is 127 Å². The zero-order valence-electron chi connectivity index (χ0n) is 18.6. The fourth-order valence-electron chi connectivity index (χ4n) is 3.59. The highest BCUT2D eigenvalue weighted by Gasteiger charge is 2.31. The number of amides is 1. The molecule has 0 bridgehead atoms. The van der Waals surface area contributed by atoms with E-state index in [9.17, 15) is 4.79 Å². The summed E-state index contributed by atoms with van der Waals surface area (Å²) in [6, 6.07) is 14.3. The predicted molar refractivity (Wildman–Crippen MR) is 134 cm³/mol. The third-order valence-corrected chi connectivity index (χ3v) is 5.52. The Hall–Kier alpha value is -4.11. The third kappa shape index (κ3) is 4.94. The van der Waals surface area contributed by atoms with Crippen molar-refractivity contribution in [3.8, 4) is 0 Å². The molecule has 174 valence electrons. The third-order valence-electron chi connectivity index (χ3n) is 5.17. The lowest BCUT2D eigenvalue weighted by molar-refractivity contribution is -0.117. The molecule has 1 amide bonds. The fourth-order valence-corrected chi connectivity index (χ4v) is 3.83. The van der Waals surface area contributed by atoms with Crippen LogP contribution in [0.15, 0.2) is 81.0 Å². The van der Waals surface area contributed by atoms with Gasteiger partial charge in [-0.2, -0.15) is 4.98 Å². The summed E-state index contributed by atoms with van der Waals surface area (Å²) in [6.45, 7) is 1.98. The Morgan fingerprint density at radius 3 is 2.74 bits per heavy atom. The van der Waals surface area contributed by atoms with E-state index < -0.39 is 6.04 Å². The molecule has 5 N–H and O–H groups in total. The predicted octanol–water partition coefficient (Wildman–Crippen LogP) is 3.74. The molecule has 0 aliphatic carbocycles. The first-order valence-corrected chi connectivity index (χ1v) is 11.0. The minimum atomic E-state index is -0.668. The normalized spacial score (nSPS) is 16.0. The Labute approximate surface area is 201 Å². The summed E-state index contributed by atoms with van der Waals surface area (Å²) in [5.74, 6) is 0.0595. The van der Waals surface area contributed by atoms with E-state index in [-0.39, 0.29) is 18.5 Å². The number of nitrogens with zero attached hydrogens (tertiary/aromatic N) is 2. The SMILES string of the molecule is CN/C=C(\C=N)CNC(=O)C1=C(C)NC(Nc2nc3ccccc3o2)=NC1c1ccccc1Cl. The number of anilines is 1. The van der Waals surface area contributed by atoms with Gasteiger partial charge in [-0.05, 0) is 25.1 Å². The average molecular weight is 478 g/mol. The van der Waals surface area contributed by atoms with Crippen LogP contribution in [0.2, 0.25) is 5.02 Å². The molecule has 1 atom stereocenters. The summed E-state index contributed by atoms with van der Waals surface area (Å²) in [5, 5.41) is 19.9. The Kier molecular flexibility index (Phi) is 6.93. The second-order valence-corrected chi connectivity index (χ2v) is 7.92. The van der Waals surface area contributed by atoms with Gasteiger partial charge in [0.1, 0.15) is 11.6 Å². The fraction of sp³-hybridized carbons (Fsp3) is 0.167. The van der Waals surface area contributed by atoms with Crippen LogP contribution < -0.4 is 21.3 Å². The summed E-state index contributed by atoms with van der Waals surface area (Å²) >= 11 is 6.49. The van der Waals surface area contributed by atoms with E-state index in [1.807, 2.05) is 42.5 Å². The number of carbonyl (C=O) groups is 1. The molecule has 1 unspecified atom stereocenters. The molecule has 3 aromatic rings. The largest absolute Gasteiger partial charge is 0.423 e. The lowest BCUT2D eigenvalue weighted by Crippen LogP contribution is -2.39. The van der Waals surface area contributed by atoms with Crippen molar-refractivity contribution in [3.05, 3.63) is 82.2 Å². The number of guanidine groups is 1. The number of carbonyl (C=O) groups excluding carboxylic acids is 1. The van der Waals surface area contributed by atoms with Crippen molar-refractivity contribution in [1.82, 2.24) is 20.9 Å². The lowest BCUT2D eigenvalue weighted by Gasteiger charge is -2.27. The molecule has 9 nitrogen and oxygen atoms in total. The van der Waals surface area contributed by atoms with Crippen molar-refractivity contribution in [1.29, 1.82) is 5.41 Å². The van der Waals surface area contributed by atoms with Crippen LogP contribution >= 0.6 is 11.6 Å². The van der Waals surface area contributed by atoms with Crippen molar-refractivity contribution < 1.29 is 9.21 Å². The molecule has 0 saturated heterocycles. The highest BCUT2D eigenvalue weighted by molar-refractivity contribution is 6.31. The Morgan fingerprint density at radius 2 is 2.00 bits per heavy atom. The molecule has 1 aliphatic rings. The quantitative estimate of drug-likeness (QED) is 0.330. The molecular formula is C24H24ClN7O2. The van der Waals surface area contributed by atoms with Crippen molar-refractivity contribution in [2.75, 3.05) is 18.9 Å². The van der Waals surface area contributed by atoms with Crippen LogP contribution in [-0.4, -0.2) is 36.7 Å².